The molecule has 0 unspecified atom stereocenters. The number of carboxylic acids is 1. The predicted octanol–water partition coefficient (Wildman–Crippen LogP) is 2.91. The summed E-state index contributed by atoms with van der Waals surface area (Å²) in [6, 6.07) is 11.1. The summed E-state index contributed by atoms with van der Waals surface area (Å²) in [5.74, 6) is -0.829. The Morgan fingerprint density at radius 1 is 1.05 bits per heavy atom. The van der Waals surface area contributed by atoms with E-state index >= 15 is 0 Å². The van der Waals surface area contributed by atoms with Gasteiger partial charge in [0.05, 0.1) is 11.1 Å². The summed E-state index contributed by atoms with van der Waals surface area (Å²) in [6.07, 6.45) is 0. The second-order valence-corrected chi connectivity index (χ2v) is 4.76. The molecule has 2 rings (SSSR count). The molecular weight excluding hydrogens is 284 g/mol. The van der Waals surface area contributed by atoms with Crippen LogP contribution in [0.4, 0.5) is 0 Å². The average molecular weight is 300 g/mol. The largest absolute Gasteiger partial charge is 0.478 e. The Labute approximate surface area is 128 Å². The van der Waals surface area contributed by atoms with Crippen molar-refractivity contribution in [3.05, 3.63) is 64.7 Å². The van der Waals surface area contributed by atoms with E-state index in [4.69, 9.17) is 14.6 Å². The van der Waals surface area contributed by atoms with E-state index in [2.05, 4.69) is 0 Å². The van der Waals surface area contributed by atoms with Crippen LogP contribution in [-0.4, -0.2) is 30.8 Å². The van der Waals surface area contributed by atoms with Crippen LogP contribution in [-0.2, 0) is 4.74 Å². The highest BCUT2D eigenvalue weighted by Crippen LogP contribution is 2.23. The number of ketones is 1. The van der Waals surface area contributed by atoms with Gasteiger partial charge in [0.25, 0.3) is 0 Å². The van der Waals surface area contributed by atoms with E-state index in [-0.39, 0.29) is 18.1 Å². The smallest absolute Gasteiger partial charge is 0.335 e. The molecule has 2 aromatic rings. The van der Waals surface area contributed by atoms with Crippen molar-refractivity contribution < 1.29 is 24.2 Å². The first-order chi connectivity index (χ1) is 10.5. The zero-order valence-electron chi connectivity index (χ0n) is 12.3. The molecule has 22 heavy (non-hydrogen) atoms. The van der Waals surface area contributed by atoms with E-state index in [1.54, 1.807) is 12.1 Å². The van der Waals surface area contributed by atoms with Crippen LogP contribution in [0.3, 0.4) is 0 Å². The molecule has 2 aromatic carbocycles. The molecule has 0 saturated carbocycles. The van der Waals surface area contributed by atoms with Crippen molar-refractivity contribution >= 4 is 11.8 Å². The van der Waals surface area contributed by atoms with Crippen LogP contribution in [0.5, 0.6) is 5.75 Å². The van der Waals surface area contributed by atoms with Crippen molar-refractivity contribution in [2.45, 2.75) is 6.92 Å². The molecule has 5 heteroatoms. The average Bonchev–Trinajstić information content (AvgIpc) is 2.53. The number of methoxy groups -OCH3 is 1. The molecule has 0 aliphatic rings. The molecule has 5 nitrogen and oxygen atoms in total. The minimum Gasteiger partial charge on any atom is -0.478 e. The molecule has 0 aliphatic carbocycles. The third-order valence-corrected chi connectivity index (χ3v) is 3.11. The highest BCUT2D eigenvalue weighted by atomic mass is 16.7. The Hall–Kier alpha value is -2.66. The molecule has 114 valence electrons. The maximum absolute atomic E-state index is 12.6. The molecule has 0 atom stereocenters. The van der Waals surface area contributed by atoms with Crippen LogP contribution in [0, 0.1) is 6.92 Å². The van der Waals surface area contributed by atoms with Gasteiger partial charge >= 0.3 is 5.97 Å². The van der Waals surface area contributed by atoms with Crippen molar-refractivity contribution in [2.75, 3.05) is 13.9 Å². The van der Waals surface area contributed by atoms with Crippen LogP contribution < -0.4 is 4.74 Å². The maximum atomic E-state index is 12.6. The summed E-state index contributed by atoms with van der Waals surface area (Å²) < 4.78 is 10.3. The SMILES string of the molecule is COCOc1ccc(C)cc1C(=O)c1ccc(C(=O)O)cc1. The molecule has 0 bridgehead atoms. The Morgan fingerprint density at radius 2 is 1.68 bits per heavy atom. The minimum absolute atomic E-state index is 0.0429. The lowest BCUT2D eigenvalue weighted by Gasteiger charge is -2.11. The third kappa shape index (κ3) is 3.51. The first-order valence-corrected chi connectivity index (χ1v) is 6.63. The summed E-state index contributed by atoms with van der Waals surface area (Å²) >= 11 is 0. The molecule has 0 saturated heterocycles. The highest BCUT2D eigenvalue weighted by Gasteiger charge is 2.16. The maximum Gasteiger partial charge on any atom is 0.335 e. The number of aromatic carboxylic acids is 1. The molecule has 0 aliphatic heterocycles. The van der Waals surface area contributed by atoms with Crippen LogP contribution in [0.1, 0.15) is 31.8 Å². The number of hydrogen-bond acceptors (Lipinski definition) is 4. The zero-order chi connectivity index (χ0) is 16.1. The normalized spacial score (nSPS) is 10.3. The van der Waals surface area contributed by atoms with Gasteiger partial charge in [0.15, 0.2) is 12.6 Å². The number of carboxylic acid groups (broad SMARTS) is 1. The highest BCUT2D eigenvalue weighted by molar-refractivity contribution is 6.11. The quantitative estimate of drug-likeness (QED) is 0.656. The number of hydrogen-bond donors (Lipinski definition) is 1. The van der Waals surface area contributed by atoms with Crippen molar-refractivity contribution in [1.29, 1.82) is 0 Å². The van der Waals surface area contributed by atoms with Gasteiger partial charge in [-0.1, -0.05) is 23.8 Å². The standard InChI is InChI=1S/C17H16O5/c1-11-3-8-15(22-10-21-2)14(9-11)16(18)12-4-6-13(7-5-12)17(19)20/h3-9H,10H2,1-2H3,(H,19,20). The lowest BCUT2D eigenvalue weighted by molar-refractivity contribution is 0.0503. The Morgan fingerprint density at radius 3 is 2.27 bits per heavy atom. The van der Waals surface area contributed by atoms with Gasteiger partial charge < -0.3 is 14.6 Å². The molecule has 0 heterocycles. The van der Waals surface area contributed by atoms with Gasteiger partial charge in [-0.15, -0.1) is 0 Å². The van der Waals surface area contributed by atoms with Crippen LogP contribution in [0.15, 0.2) is 42.5 Å². The van der Waals surface area contributed by atoms with E-state index in [9.17, 15) is 9.59 Å². The second-order valence-electron chi connectivity index (χ2n) is 4.76. The molecule has 1 N–H and O–H groups in total. The number of benzene rings is 2. The summed E-state index contributed by atoms with van der Waals surface area (Å²) in [5.41, 5.74) is 1.88. The van der Waals surface area contributed by atoms with E-state index in [0.717, 1.165) is 5.56 Å². The predicted molar refractivity (Wildman–Crippen MR) is 80.5 cm³/mol. The fourth-order valence-electron chi connectivity index (χ4n) is 1.99. The number of ether oxygens (including phenoxy) is 2. The summed E-state index contributed by atoms with van der Waals surface area (Å²) in [4.78, 5) is 23.4. The van der Waals surface area contributed by atoms with Gasteiger partial charge in [-0.05, 0) is 31.2 Å². The van der Waals surface area contributed by atoms with Crippen molar-refractivity contribution in [3.63, 3.8) is 0 Å². The Balaban J connectivity index is 2.35. The molecule has 0 aromatic heterocycles. The van der Waals surface area contributed by atoms with Crippen LogP contribution in [0.25, 0.3) is 0 Å². The van der Waals surface area contributed by atoms with E-state index in [1.807, 2.05) is 13.0 Å². The molecule has 0 spiro atoms. The van der Waals surface area contributed by atoms with Gasteiger partial charge in [0.2, 0.25) is 0 Å². The second kappa shape index (κ2) is 6.87. The van der Waals surface area contributed by atoms with Crippen molar-refractivity contribution in [1.82, 2.24) is 0 Å². The fourth-order valence-corrected chi connectivity index (χ4v) is 1.99. The summed E-state index contributed by atoms with van der Waals surface area (Å²) in [5, 5.41) is 8.89. The van der Waals surface area contributed by atoms with Gasteiger partial charge in [-0.2, -0.15) is 0 Å². The molecule has 0 amide bonds. The fraction of sp³-hybridized carbons (Fsp3) is 0.176. The Bertz CT molecular complexity index is 689. The first kappa shape index (κ1) is 15.7. The van der Waals surface area contributed by atoms with E-state index in [0.29, 0.717) is 16.9 Å². The first-order valence-electron chi connectivity index (χ1n) is 6.63. The van der Waals surface area contributed by atoms with Gasteiger partial charge in [-0.3, -0.25) is 4.79 Å². The topological polar surface area (TPSA) is 72.8 Å². The zero-order valence-corrected chi connectivity index (χ0v) is 12.3. The van der Waals surface area contributed by atoms with Crippen LogP contribution in [0.2, 0.25) is 0 Å². The molecule has 0 fully saturated rings. The molecular formula is C17H16O5. The minimum atomic E-state index is -1.03. The van der Waals surface area contributed by atoms with Gasteiger partial charge in [0.1, 0.15) is 5.75 Å². The summed E-state index contributed by atoms with van der Waals surface area (Å²) in [7, 11) is 1.50. The monoisotopic (exact) mass is 300 g/mol. The molecule has 0 radical (unpaired) electrons. The summed E-state index contributed by atoms with van der Waals surface area (Å²) in [6.45, 7) is 1.92. The number of aryl methyl sites for hydroxylation is 1. The number of carbonyl (C=O) groups excluding carboxylic acids is 1. The van der Waals surface area contributed by atoms with Gasteiger partial charge in [0, 0.05) is 12.7 Å². The van der Waals surface area contributed by atoms with Crippen LogP contribution >= 0.6 is 0 Å². The van der Waals surface area contributed by atoms with Crippen molar-refractivity contribution in [2.24, 2.45) is 0 Å². The lowest BCUT2D eigenvalue weighted by Crippen LogP contribution is -2.08. The number of carbonyl (C=O) groups is 2. The van der Waals surface area contributed by atoms with E-state index < -0.39 is 5.97 Å². The van der Waals surface area contributed by atoms with Gasteiger partial charge in [-0.25, -0.2) is 4.79 Å². The van der Waals surface area contributed by atoms with E-state index in [1.165, 1.54) is 31.4 Å². The van der Waals surface area contributed by atoms with Crippen molar-refractivity contribution in [3.8, 4) is 5.75 Å². The lowest BCUT2D eigenvalue weighted by atomic mass is 9.99. The Kier molecular flexibility index (Phi) is 4.91. The third-order valence-electron chi connectivity index (χ3n) is 3.11. The number of rotatable bonds is 6.